The van der Waals surface area contributed by atoms with Gasteiger partial charge in [0.05, 0.1) is 30.4 Å². The number of carbonyl (C=O) groups is 1. The van der Waals surface area contributed by atoms with Crippen molar-refractivity contribution in [2.75, 3.05) is 31.0 Å². The number of fused-ring (bicyclic) bond motifs is 1. The molecule has 0 N–H and O–H groups in total. The van der Waals surface area contributed by atoms with E-state index in [2.05, 4.69) is 4.98 Å². The number of hydrogen-bond acceptors (Lipinski definition) is 5. The number of anilines is 1. The molecule has 0 saturated carbocycles. The number of amides is 1. The van der Waals surface area contributed by atoms with Gasteiger partial charge in [0.25, 0.3) is 15.9 Å². The maximum absolute atomic E-state index is 14.0. The largest absolute Gasteiger partial charge is 0.481 e. The Hall–Kier alpha value is -3.98. The fourth-order valence-electron chi connectivity index (χ4n) is 3.99. The van der Waals surface area contributed by atoms with Crippen molar-refractivity contribution in [3.8, 4) is 5.88 Å². The number of pyridine rings is 1. The van der Waals surface area contributed by atoms with E-state index >= 15 is 0 Å². The van der Waals surface area contributed by atoms with Crippen LogP contribution in [0.4, 0.5) is 10.1 Å². The highest BCUT2D eigenvalue weighted by atomic mass is 32.2. The van der Waals surface area contributed by atoms with Crippen molar-refractivity contribution >= 4 is 32.4 Å². The van der Waals surface area contributed by atoms with Crippen LogP contribution in [0.1, 0.15) is 17.3 Å². The molecule has 1 amide bonds. The highest BCUT2D eigenvalue weighted by molar-refractivity contribution is 7.93. The molecule has 0 fully saturated rings. The van der Waals surface area contributed by atoms with Crippen molar-refractivity contribution in [2.45, 2.75) is 11.8 Å². The van der Waals surface area contributed by atoms with E-state index in [1.807, 2.05) is 18.2 Å². The van der Waals surface area contributed by atoms with Gasteiger partial charge in [-0.15, -0.1) is 0 Å². The smallest absolute Gasteiger partial charge is 0.265 e. The average Bonchev–Trinajstić information content (AvgIpc) is 2.90. The molecular formula is C27H26FN3O4S. The van der Waals surface area contributed by atoms with Gasteiger partial charge in [-0.25, -0.2) is 17.8 Å². The molecule has 0 spiro atoms. The molecule has 3 aromatic carbocycles. The number of rotatable bonds is 9. The maximum atomic E-state index is 14.0. The van der Waals surface area contributed by atoms with E-state index in [-0.39, 0.29) is 29.5 Å². The highest BCUT2D eigenvalue weighted by Gasteiger charge is 2.28. The summed E-state index contributed by atoms with van der Waals surface area (Å²) in [5, 5.41) is 1.39. The van der Waals surface area contributed by atoms with E-state index < -0.39 is 15.8 Å². The van der Waals surface area contributed by atoms with Crippen LogP contribution in [0.2, 0.25) is 0 Å². The van der Waals surface area contributed by atoms with Gasteiger partial charge in [-0.2, -0.15) is 0 Å². The van der Waals surface area contributed by atoms with E-state index in [1.165, 1.54) is 46.8 Å². The summed E-state index contributed by atoms with van der Waals surface area (Å²) in [6.07, 6.45) is 1.42. The average molecular weight is 508 g/mol. The Bertz CT molecular complexity index is 1470. The Kier molecular flexibility index (Phi) is 7.49. The number of methoxy groups -OCH3 is 1. The number of sulfonamides is 1. The monoisotopic (exact) mass is 507 g/mol. The zero-order valence-corrected chi connectivity index (χ0v) is 20.8. The van der Waals surface area contributed by atoms with Gasteiger partial charge in [0, 0.05) is 30.1 Å². The predicted molar refractivity (Wildman–Crippen MR) is 137 cm³/mol. The standard InChI is InChI=1S/C27H26FN3O4S/c1-3-30(27(32)21-10-6-11-22(28)18-21)16-17-31(23-14-15-26(35-2)29-19-23)36(33,34)25-13-7-9-20-8-4-5-12-24(20)25/h4-15,18-19H,3,16-17H2,1-2H3. The first-order chi connectivity index (χ1) is 17.3. The number of hydrogen-bond donors (Lipinski definition) is 0. The zero-order valence-electron chi connectivity index (χ0n) is 20.0. The van der Waals surface area contributed by atoms with Crippen LogP contribution in [0.5, 0.6) is 5.88 Å². The minimum atomic E-state index is -4.05. The lowest BCUT2D eigenvalue weighted by Crippen LogP contribution is -2.41. The first kappa shape index (κ1) is 25.1. The van der Waals surface area contributed by atoms with Crippen molar-refractivity contribution in [3.63, 3.8) is 0 Å². The molecule has 7 nitrogen and oxygen atoms in total. The lowest BCUT2D eigenvalue weighted by atomic mass is 10.1. The summed E-state index contributed by atoms with van der Waals surface area (Å²) in [6, 6.07) is 21.0. The van der Waals surface area contributed by atoms with Gasteiger partial charge in [-0.1, -0.05) is 42.5 Å². The number of carbonyl (C=O) groups excluding carboxylic acids is 1. The molecule has 0 bridgehead atoms. The van der Waals surface area contributed by atoms with Crippen LogP contribution < -0.4 is 9.04 Å². The number of benzene rings is 3. The van der Waals surface area contributed by atoms with Gasteiger partial charge >= 0.3 is 0 Å². The number of halogens is 1. The Morgan fingerprint density at radius 2 is 1.72 bits per heavy atom. The topological polar surface area (TPSA) is 79.8 Å². The van der Waals surface area contributed by atoms with Crippen molar-refractivity contribution in [1.29, 1.82) is 0 Å². The van der Waals surface area contributed by atoms with Crippen LogP contribution in [-0.4, -0.2) is 51.0 Å². The third-order valence-electron chi connectivity index (χ3n) is 5.85. The summed E-state index contributed by atoms with van der Waals surface area (Å²) in [5.74, 6) is -0.550. The third-order valence-corrected chi connectivity index (χ3v) is 7.73. The van der Waals surface area contributed by atoms with Crippen LogP contribution in [0.15, 0.2) is 90.0 Å². The van der Waals surface area contributed by atoms with Crippen LogP contribution in [0.3, 0.4) is 0 Å². The van der Waals surface area contributed by atoms with E-state index in [0.29, 0.717) is 23.5 Å². The van der Waals surface area contributed by atoms with Crippen molar-refractivity contribution in [3.05, 3.63) is 96.4 Å². The molecule has 0 atom stereocenters. The number of ether oxygens (including phenoxy) is 1. The van der Waals surface area contributed by atoms with Crippen LogP contribution >= 0.6 is 0 Å². The Morgan fingerprint density at radius 3 is 2.42 bits per heavy atom. The highest BCUT2D eigenvalue weighted by Crippen LogP contribution is 2.29. The van der Waals surface area contributed by atoms with Gasteiger partial charge in [-0.05, 0) is 42.6 Å². The minimum absolute atomic E-state index is 0.0333. The Labute approximate surface area is 209 Å². The summed E-state index contributed by atoms with van der Waals surface area (Å²) < 4.78 is 48.0. The van der Waals surface area contributed by atoms with Crippen LogP contribution in [0.25, 0.3) is 10.8 Å². The predicted octanol–water partition coefficient (Wildman–Crippen LogP) is 4.74. The normalized spacial score (nSPS) is 11.3. The molecule has 0 unspecified atom stereocenters. The van der Waals surface area contributed by atoms with E-state index in [1.54, 1.807) is 43.3 Å². The van der Waals surface area contributed by atoms with E-state index in [9.17, 15) is 17.6 Å². The second-order valence-electron chi connectivity index (χ2n) is 8.01. The molecule has 36 heavy (non-hydrogen) atoms. The lowest BCUT2D eigenvalue weighted by Gasteiger charge is -2.28. The van der Waals surface area contributed by atoms with Crippen molar-refractivity contribution < 1.29 is 22.3 Å². The fraction of sp³-hybridized carbons (Fsp3) is 0.185. The molecule has 186 valence electrons. The molecule has 1 heterocycles. The summed E-state index contributed by atoms with van der Waals surface area (Å²) in [5.41, 5.74) is 0.532. The maximum Gasteiger partial charge on any atom is 0.265 e. The minimum Gasteiger partial charge on any atom is -0.481 e. The van der Waals surface area contributed by atoms with Gasteiger partial charge in [0.1, 0.15) is 5.82 Å². The zero-order chi connectivity index (χ0) is 25.7. The molecule has 0 radical (unpaired) electrons. The first-order valence-corrected chi connectivity index (χ1v) is 12.8. The molecule has 0 aliphatic carbocycles. The van der Waals surface area contributed by atoms with E-state index in [4.69, 9.17) is 4.74 Å². The summed E-state index contributed by atoms with van der Waals surface area (Å²) in [7, 11) is -2.57. The summed E-state index contributed by atoms with van der Waals surface area (Å²) in [6.45, 7) is 2.16. The van der Waals surface area contributed by atoms with Gasteiger partial charge < -0.3 is 9.64 Å². The van der Waals surface area contributed by atoms with Crippen LogP contribution in [-0.2, 0) is 10.0 Å². The molecule has 0 saturated heterocycles. The molecule has 1 aromatic heterocycles. The van der Waals surface area contributed by atoms with Gasteiger partial charge in [0.2, 0.25) is 5.88 Å². The number of nitrogens with zero attached hydrogens (tertiary/aromatic N) is 3. The molecule has 0 aliphatic heterocycles. The fourth-order valence-corrected chi connectivity index (χ4v) is 5.65. The SMILES string of the molecule is CCN(CCN(c1ccc(OC)nc1)S(=O)(=O)c1cccc2ccccc12)C(=O)c1cccc(F)c1. The molecule has 0 aliphatic rings. The summed E-state index contributed by atoms with van der Waals surface area (Å²) >= 11 is 0. The quantitative estimate of drug-likeness (QED) is 0.327. The Morgan fingerprint density at radius 1 is 0.972 bits per heavy atom. The second-order valence-corrected chi connectivity index (χ2v) is 9.84. The van der Waals surface area contributed by atoms with E-state index in [0.717, 1.165) is 5.39 Å². The van der Waals surface area contributed by atoms with Crippen LogP contribution in [0, 0.1) is 5.82 Å². The Balaban J connectivity index is 1.71. The molecular weight excluding hydrogens is 481 g/mol. The number of likely N-dealkylation sites (N-methyl/N-ethyl adjacent to an activating group) is 1. The van der Waals surface area contributed by atoms with Gasteiger partial charge in [0.15, 0.2) is 0 Å². The first-order valence-electron chi connectivity index (χ1n) is 11.4. The second kappa shape index (κ2) is 10.7. The third kappa shape index (κ3) is 5.16. The lowest BCUT2D eigenvalue weighted by molar-refractivity contribution is 0.0769. The van der Waals surface area contributed by atoms with Gasteiger partial charge in [-0.3, -0.25) is 9.10 Å². The summed E-state index contributed by atoms with van der Waals surface area (Å²) in [4.78, 5) is 18.8. The number of aromatic nitrogens is 1. The van der Waals surface area contributed by atoms with Crippen molar-refractivity contribution in [1.82, 2.24) is 9.88 Å². The molecule has 4 rings (SSSR count). The molecule has 4 aromatic rings. The van der Waals surface area contributed by atoms with Crippen molar-refractivity contribution in [2.24, 2.45) is 0 Å². The molecule has 9 heteroatoms.